The molecule has 1 aromatic carbocycles. The molecule has 0 atom stereocenters. The predicted molar refractivity (Wildman–Crippen MR) is 102 cm³/mol. The van der Waals surface area contributed by atoms with Crippen LogP contribution >= 0.6 is 0 Å². The Morgan fingerprint density at radius 2 is 1.39 bits per heavy atom. The van der Waals surface area contributed by atoms with Gasteiger partial charge in [0, 0.05) is 31.7 Å². The summed E-state index contributed by atoms with van der Waals surface area (Å²) in [4.78, 5) is 19.5. The van der Waals surface area contributed by atoms with Crippen LogP contribution in [-0.2, 0) is 12.4 Å². The normalized spacial score (nSPS) is 15.1. The van der Waals surface area contributed by atoms with Gasteiger partial charge in [-0.1, -0.05) is 0 Å². The van der Waals surface area contributed by atoms with Crippen molar-refractivity contribution in [1.82, 2.24) is 29.9 Å². The zero-order valence-electron chi connectivity index (χ0n) is 16.7. The highest BCUT2D eigenvalue weighted by Gasteiger charge is 2.38. The van der Waals surface area contributed by atoms with E-state index in [4.69, 9.17) is 0 Å². The van der Waals surface area contributed by atoms with E-state index in [1.54, 1.807) is 17.0 Å². The molecule has 0 bridgehead atoms. The van der Waals surface area contributed by atoms with Crippen molar-refractivity contribution < 1.29 is 31.1 Å². The lowest BCUT2D eigenvalue weighted by Crippen LogP contribution is -2.49. The van der Waals surface area contributed by atoms with E-state index in [1.807, 2.05) is 0 Å². The standard InChI is InChI=1S/C19H15F6N7O/c20-18(21,22)13-7-12(8-14(9-13)19(23,24)25)17(33)31-5-3-30(4-6-31)15-1-2-16(29-28-15)32-11-26-10-27-32/h1-2,7-11H,3-6H2. The first-order chi connectivity index (χ1) is 15.5. The van der Waals surface area contributed by atoms with Gasteiger partial charge in [-0.3, -0.25) is 4.79 Å². The van der Waals surface area contributed by atoms with Crippen molar-refractivity contribution in [2.75, 3.05) is 31.1 Å². The second-order valence-corrected chi connectivity index (χ2v) is 7.16. The van der Waals surface area contributed by atoms with Gasteiger partial charge in [0.1, 0.15) is 12.7 Å². The minimum absolute atomic E-state index is 0.00361. The Morgan fingerprint density at radius 3 is 1.88 bits per heavy atom. The topological polar surface area (TPSA) is 80.0 Å². The van der Waals surface area contributed by atoms with E-state index in [2.05, 4.69) is 20.3 Å². The molecule has 14 heteroatoms. The first-order valence-electron chi connectivity index (χ1n) is 9.55. The largest absolute Gasteiger partial charge is 0.416 e. The quantitative estimate of drug-likeness (QED) is 0.547. The third-order valence-electron chi connectivity index (χ3n) is 5.02. The van der Waals surface area contributed by atoms with Gasteiger partial charge in [-0.2, -0.15) is 31.4 Å². The maximum Gasteiger partial charge on any atom is 0.416 e. The molecular formula is C19H15F6N7O. The monoisotopic (exact) mass is 471 g/mol. The molecule has 1 amide bonds. The Bertz CT molecular complexity index is 1090. The molecule has 1 aliphatic rings. The number of hydrogen-bond donors (Lipinski definition) is 0. The lowest BCUT2D eigenvalue weighted by Gasteiger charge is -2.35. The fourth-order valence-corrected chi connectivity index (χ4v) is 3.34. The number of carbonyl (C=O) groups is 1. The number of amides is 1. The number of hydrogen-bond acceptors (Lipinski definition) is 6. The Kier molecular flexibility index (Phi) is 5.68. The molecule has 1 aliphatic heterocycles. The molecule has 0 aliphatic carbocycles. The van der Waals surface area contributed by atoms with Crippen LogP contribution in [0.2, 0.25) is 0 Å². The average molecular weight is 471 g/mol. The third kappa shape index (κ3) is 4.88. The zero-order chi connectivity index (χ0) is 23.8. The van der Waals surface area contributed by atoms with E-state index in [-0.39, 0.29) is 32.2 Å². The van der Waals surface area contributed by atoms with E-state index in [9.17, 15) is 31.1 Å². The van der Waals surface area contributed by atoms with Crippen molar-refractivity contribution in [3.05, 3.63) is 59.7 Å². The van der Waals surface area contributed by atoms with Crippen LogP contribution in [0, 0.1) is 0 Å². The maximum absolute atomic E-state index is 13.1. The molecule has 33 heavy (non-hydrogen) atoms. The van der Waals surface area contributed by atoms with Crippen LogP contribution < -0.4 is 4.90 Å². The molecule has 174 valence electrons. The van der Waals surface area contributed by atoms with Crippen LogP contribution in [0.1, 0.15) is 21.5 Å². The summed E-state index contributed by atoms with van der Waals surface area (Å²) >= 11 is 0. The minimum atomic E-state index is -5.02. The van der Waals surface area contributed by atoms with E-state index in [0.29, 0.717) is 23.8 Å². The predicted octanol–water partition coefficient (Wildman–Crippen LogP) is 3.06. The summed E-state index contributed by atoms with van der Waals surface area (Å²) in [6, 6.07) is 4.23. The van der Waals surface area contributed by atoms with Crippen LogP contribution in [0.15, 0.2) is 43.0 Å². The SMILES string of the molecule is O=C(c1cc(C(F)(F)F)cc(C(F)(F)F)c1)N1CCN(c2ccc(-n3cncn3)nn2)CC1. The lowest BCUT2D eigenvalue weighted by molar-refractivity contribution is -0.143. The van der Waals surface area contributed by atoms with Gasteiger partial charge in [-0.05, 0) is 30.3 Å². The molecule has 8 nitrogen and oxygen atoms in total. The smallest absolute Gasteiger partial charge is 0.352 e. The van der Waals surface area contributed by atoms with Gasteiger partial charge in [-0.25, -0.2) is 9.67 Å². The van der Waals surface area contributed by atoms with Gasteiger partial charge in [0.05, 0.1) is 11.1 Å². The molecule has 4 rings (SSSR count). The van der Waals surface area contributed by atoms with E-state index in [1.165, 1.54) is 22.2 Å². The van der Waals surface area contributed by atoms with E-state index in [0.717, 1.165) is 0 Å². The third-order valence-corrected chi connectivity index (χ3v) is 5.02. The van der Waals surface area contributed by atoms with Crippen LogP contribution in [0.25, 0.3) is 5.82 Å². The Labute approximate surface area is 182 Å². The maximum atomic E-state index is 13.1. The molecule has 0 unspecified atom stereocenters. The molecule has 0 saturated carbocycles. The number of aromatic nitrogens is 5. The van der Waals surface area contributed by atoms with Crippen molar-refractivity contribution in [3.8, 4) is 5.82 Å². The molecule has 1 saturated heterocycles. The van der Waals surface area contributed by atoms with Gasteiger partial charge in [0.2, 0.25) is 0 Å². The van der Waals surface area contributed by atoms with Crippen molar-refractivity contribution in [3.63, 3.8) is 0 Å². The lowest BCUT2D eigenvalue weighted by atomic mass is 10.0. The summed E-state index contributed by atoms with van der Waals surface area (Å²) in [7, 11) is 0. The summed E-state index contributed by atoms with van der Waals surface area (Å²) in [6.07, 6.45) is -7.25. The van der Waals surface area contributed by atoms with Gasteiger partial charge in [0.15, 0.2) is 11.6 Å². The Balaban J connectivity index is 1.47. The second kappa shape index (κ2) is 8.33. The van der Waals surface area contributed by atoms with E-state index < -0.39 is 35.0 Å². The minimum Gasteiger partial charge on any atom is -0.352 e. The average Bonchev–Trinajstić information content (AvgIpc) is 3.32. The number of alkyl halides is 6. The first kappa shape index (κ1) is 22.5. The summed E-state index contributed by atoms with van der Waals surface area (Å²) in [5.74, 6) is 0.0401. The van der Waals surface area contributed by atoms with Crippen LogP contribution in [-0.4, -0.2) is 61.9 Å². The molecule has 3 aromatic rings. The van der Waals surface area contributed by atoms with Crippen LogP contribution in [0.5, 0.6) is 0 Å². The Hall–Kier alpha value is -3.71. The Morgan fingerprint density at radius 1 is 0.818 bits per heavy atom. The number of anilines is 1. The molecular weight excluding hydrogens is 456 g/mol. The first-order valence-corrected chi connectivity index (χ1v) is 9.55. The molecule has 3 heterocycles. The van der Waals surface area contributed by atoms with Gasteiger partial charge >= 0.3 is 12.4 Å². The number of nitrogens with zero attached hydrogens (tertiary/aromatic N) is 7. The fraction of sp³-hybridized carbons (Fsp3) is 0.316. The summed E-state index contributed by atoms with van der Waals surface area (Å²) in [6.45, 7) is 0.717. The van der Waals surface area contributed by atoms with Crippen LogP contribution in [0.4, 0.5) is 32.2 Å². The highest BCUT2D eigenvalue weighted by molar-refractivity contribution is 5.95. The molecule has 0 spiro atoms. The molecule has 0 N–H and O–H groups in total. The fourth-order valence-electron chi connectivity index (χ4n) is 3.34. The highest BCUT2D eigenvalue weighted by atomic mass is 19.4. The van der Waals surface area contributed by atoms with Gasteiger partial charge < -0.3 is 9.80 Å². The van der Waals surface area contributed by atoms with Gasteiger partial charge in [-0.15, -0.1) is 10.2 Å². The van der Waals surface area contributed by atoms with Crippen molar-refractivity contribution in [1.29, 1.82) is 0 Å². The van der Waals surface area contributed by atoms with Gasteiger partial charge in [0.25, 0.3) is 5.91 Å². The zero-order valence-corrected chi connectivity index (χ0v) is 16.7. The molecule has 1 fully saturated rings. The number of benzene rings is 1. The number of carbonyl (C=O) groups excluding carboxylic acids is 1. The van der Waals surface area contributed by atoms with Crippen molar-refractivity contribution in [2.45, 2.75) is 12.4 Å². The van der Waals surface area contributed by atoms with E-state index >= 15 is 0 Å². The second-order valence-electron chi connectivity index (χ2n) is 7.16. The highest BCUT2D eigenvalue weighted by Crippen LogP contribution is 2.36. The summed E-state index contributed by atoms with van der Waals surface area (Å²) < 4.78 is 79.9. The summed E-state index contributed by atoms with van der Waals surface area (Å²) in [5.41, 5.74) is -3.72. The van der Waals surface area contributed by atoms with Crippen LogP contribution in [0.3, 0.4) is 0 Å². The van der Waals surface area contributed by atoms with Crippen molar-refractivity contribution >= 4 is 11.7 Å². The number of rotatable bonds is 3. The number of halogens is 6. The molecule has 2 aromatic heterocycles. The van der Waals surface area contributed by atoms with Crippen molar-refractivity contribution in [2.24, 2.45) is 0 Å². The number of piperazine rings is 1. The molecule has 0 radical (unpaired) electrons. The summed E-state index contributed by atoms with van der Waals surface area (Å²) in [5, 5.41) is 12.1.